The van der Waals surface area contributed by atoms with Crippen LogP contribution >= 0.6 is 15.2 Å². The normalized spacial score (nSPS) is 28.3. The van der Waals surface area contributed by atoms with E-state index in [1.165, 1.54) is 10.9 Å². The van der Waals surface area contributed by atoms with E-state index in [4.69, 9.17) is 24.8 Å². The van der Waals surface area contributed by atoms with Crippen LogP contribution in [0.15, 0.2) is 6.33 Å². The van der Waals surface area contributed by atoms with E-state index in [1.807, 2.05) is 4.90 Å². The van der Waals surface area contributed by atoms with Gasteiger partial charge in [0.1, 0.15) is 23.8 Å². The van der Waals surface area contributed by atoms with E-state index in [-0.39, 0.29) is 17.0 Å². The Morgan fingerprint density at radius 3 is 2.55 bits per heavy atom. The zero-order valence-electron chi connectivity index (χ0n) is 17.3. The van der Waals surface area contributed by atoms with Crippen molar-refractivity contribution in [2.45, 2.75) is 24.5 Å². The molecule has 9 N–H and O–H groups in total. The van der Waals surface area contributed by atoms with Crippen molar-refractivity contribution >= 4 is 38.1 Å². The predicted molar refractivity (Wildman–Crippen MR) is 112 cm³/mol. The molecule has 1 unspecified atom stereocenters. The predicted octanol–water partition coefficient (Wildman–Crippen LogP) is -3.25. The maximum Gasteiger partial charge on any atom is 0.340 e. The maximum atomic E-state index is 11.9. The molecule has 2 aliphatic rings. The molecule has 4 rings (SSSR count). The summed E-state index contributed by atoms with van der Waals surface area (Å²) in [7, 11) is -9.47. The molecule has 0 amide bonds. The van der Waals surface area contributed by atoms with Crippen molar-refractivity contribution in [3.05, 3.63) is 6.33 Å². The van der Waals surface area contributed by atoms with E-state index in [9.17, 15) is 24.2 Å². The first-order chi connectivity index (χ1) is 15.5. The van der Waals surface area contributed by atoms with E-state index in [2.05, 4.69) is 20.3 Å². The fourth-order valence-corrected chi connectivity index (χ4v) is 6.33. The molecule has 2 aromatic heterocycles. The molecule has 0 bridgehead atoms. The van der Waals surface area contributed by atoms with Crippen LogP contribution in [-0.2, 0) is 18.4 Å². The molecule has 5 atom stereocenters. The number of fused-ring (bicyclic) bond motifs is 1. The van der Waals surface area contributed by atoms with Gasteiger partial charge in [-0.3, -0.25) is 13.7 Å². The second-order valence-electron chi connectivity index (χ2n) is 7.87. The van der Waals surface area contributed by atoms with Gasteiger partial charge in [-0.2, -0.15) is 9.97 Å². The lowest BCUT2D eigenvalue weighted by molar-refractivity contribution is -0.655. The summed E-state index contributed by atoms with van der Waals surface area (Å²) in [5, 5.41) is 23.1. The summed E-state index contributed by atoms with van der Waals surface area (Å²) in [6.07, 6.45) is -4.15. The van der Waals surface area contributed by atoms with Gasteiger partial charge in [0.05, 0.1) is 39.1 Å². The number of aromatic nitrogens is 4. The van der Waals surface area contributed by atoms with Crippen LogP contribution in [0.4, 0.5) is 11.8 Å². The second-order valence-corrected chi connectivity index (χ2v) is 11.9. The number of rotatable bonds is 7. The highest BCUT2D eigenvalue weighted by atomic mass is 31.2. The lowest BCUT2D eigenvalue weighted by atomic mass is 10.1. The van der Waals surface area contributed by atoms with E-state index >= 15 is 0 Å². The van der Waals surface area contributed by atoms with Gasteiger partial charge in [-0.1, -0.05) is 0 Å². The summed E-state index contributed by atoms with van der Waals surface area (Å²) in [6, 6.07) is 0. The average Bonchev–Trinajstić information content (AvgIpc) is 3.27. The third-order valence-electron chi connectivity index (χ3n) is 5.34. The molecule has 0 saturated carbocycles. The number of nitrogens with two attached hydrogens (primary N) is 2. The van der Waals surface area contributed by atoms with Crippen molar-refractivity contribution in [2.24, 2.45) is 0 Å². The Morgan fingerprint density at radius 1 is 1.18 bits per heavy atom. The average molecular weight is 510 g/mol. The zero-order chi connectivity index (χ0) is 24.0. The van der Waals surface area contributed by atoms with Crippen molar-refractivity contribution < 1.29 is 48.6 Å². The van der Waals surface area contributed by atoms with Crippen LogP contribution in [0.3, 0.4) is 0 Å². The van der Waals surface area contributed by atoms with Gasteiger partial charge in [0.25, 0.3) is 0 Å². The van der Waals surface area contributed by atoms with Crippen molar-refractivity contribution in [3.63, 3.8) is 0 Å². The summed E-state index contributed by atoms with van der Waals surface area (Å²) in [6.45, 7) is 2.48. The Labute approximate surface area is 187 Å². The highest BCUT2D eigenvalue weighted by Gasteiger charge is 2.45. The molecule has 33 heavy (non-hydrogen) atoms. The molecule has 0 aromatic carbocycles. The number of hydrogen-bond donors (Lipinski definition) is 7. The molecular weight excluding hydrogens is 484 g/mol. The Hall–Kier alpha value is -1.71. The standard InChI is InChI=1S/C15H25N7O9P2/c16-12-9-13(20-15(19-12)21-3-1-17-2-4-21)22(6-18-9)14-11(24)10(23)8(31-14)5-30-33(28,29)7-32(25,26)27/h6,8,10-11,14,17,23-24H,1-5,7H2,(H,28,29)(H2,16,19,20)(H2,25,26,27)/p+1/t8-,10-,11-,14-/m1/s1. The Morgan fingerprint density at radius 2 is 1.88 bits per heavy atom. The summed E-state index contributed by atoms with van der Waals surface area (Å²) in [5.74, 6) is -0.856. The fourth-order valence-electron chi connectivity index (χ4n) is 3.76. The minimum absolute atomic E-state index is 0.134. The van der Waals surface area contributed by atoms with Crippen LogP contribution < -0.4 is 16.0 Å². The molecular formula is C15H26N7O9P2+. The summed E-state index contributed by atoms with van der Waals surface area (Å²) >= 11 is 0. The largest absolute Gasteiger partial charge is 0.387 e. The van der Waals surface area contributed by atoms with Crippen molar-refractivity contribution in [1.29, 1.82) is 0 Å². The number of nitrogens with zero attached hydrogens (tertiary/aromatic N) is 5. The number of imidazole rings is 1. The van der Waals surface area contributed by atoms with Gasteiger partial charge in [-0.15, -0.1) is 0 Å². The SMILES string of the molecule is Nc1nc(N2CC[NH2+]CC2)nc2c1ncn2[C@@H]1O[C@H](COP(=O)(O)CP(=O)(O)O)[C@@H](O)[C@H]1O. The molecule has 0 spiro atoms. The lowest BCUT2D eigenvalue weighted by Crippen LogP contribution is -2.89. The van der Waals surface area contributed by atoms with Gasteiger partial charge in [0.2, 0.25) is 5.95 Å². The van der Waals surface area contributed by atoms with Gasteiger partial charge in [0, 0.05) is 0 Å². The maximum absolute atomic E-state index is 11.9. The molecule has 0 radical (unpaired) electrons. The van der Waals surface area contributed by atoms with E-state index in [0.717, 1.165) is 26.2 Å². The molecule has 2 saturated heterocycles. The molecule has 16 nitrogen and oxygen atoms in total. The van der Waals surface area contributed by atoms with Crippen LogP contribution in [0.2, 0.25) is 0 Å². The minimum Gasteiger partial charge on any atom is -0.387 e. The van der Waals surface area contributed by atoms with Crippen molar-refractivity contribution in [1.82, 2.24) is 19.5 Å². The topological polar surface area (TPSA) is 243 Å². The number of quaternary nitrogens is 1. The summed E-state index contributed by atoms with van der Waals surface area (Å²) in [5.41, 5.74) is 6.59. The Balaban J connectivity index is 1.55. The quantitative estimate of drug-likeness (QED) is 0.181. The van der Waals surface area contributed by atoms with E-state index in [1.54, 1.807) is 0 Å². The zero-order valence-corrected chi connectivity index (χ0v) is 19.1. The van der Waals surface area contributed by atoms with Crippen LogP contribution in [0.5, 0.6) is 0 Å². The third-order valence-corrected chi connectivity index (χ3v) is 8.80. The smallest absolute Gasteiger partial charge is 0.340 e. The first kappa shape index (κ1) is 24.4. The highest BCUT2D eigenvalue weighted by molar-refractivity contribution is 7.70. The number of piperazine rings is 1. The highest BCUT2D eigenvalue weighted by Crippen LogP contribution is 2.55. The van der Waals surface area contributed by atoms with Crippen LogP contribution in [0.25, 0.3) is 11.2 Å². The third kappa shape index (κ3) is 5.35. The minimum atomic E-state index is -4.81. The molecule has 18 heteroatoms. The van der Waals surface area contributed by atoms with Crippen molar-refractivity contribution in [3.8, 4) is 0 Å². The number of anilines is 2. The molecule has 2 aliphatic heterocycles. The van der Waals surface area contributed by atoms with Crippen molar-refractivity contribution in [2.75, 3.05) is 49.3 Å². The van der Waals surface area contributed by atoms with E-state index < -0.39 is 52.2 Å². The lowest BCUT2D eigenvalue weighted by Gasteiger charge is -2.25. The Bertz CT molecular complexity index is 1100. The summed E-state index contributed by atoms with van der Waals surface area (Å²) < 4.78 is 34.6. The molecule has 2 aromatic rings. The molecule has 184 valence electrons. The molecule has 0 aliphatic carbocycles. The number of hydrogen-bond acceptors (Lipinski definition) is 11. The van der Waals surface area contributed by atoms with Crippen LogP contribution in [0.1, 0.15) is 6.23 Å². The number of nitrogen functional groups attached to an aromatic ring is 1. The van der Waals surface area contributed by atoms with Crippen LogP contribution in [-0.4, -0.2) is 101 Å². The van der Waals surface area contributed by atoms with Gasteiger partial charge in [0.15, 0.2) is 23.6 Å². The summed E-state index contributed by atoms with van der Waals surface area (Å²) in [4.78, 5) is 42.4. The molecule has 2 fully saturated rings. The number of aliphatic hydroxyl groups is 2. The molecule has 4 heterocycles. The van der Waals surface area contributed by atoms with E-state index in [0.29, 0.717) is 5.95 Å². The Kier molecular flexibility index (Phi) is 6.77. The van der Waals surface area contributed by atoms with Crippen LogP contribution in [0, 0.1) is 0 Å². The van der Waals surface area contributed by atoms with Gasteiger partial charge >= 0.3 is 15.2 Å². The van der Waals surface area contributed by atoms with Gasteiger partial charge < -0.3 is 50.1 Å². The monoisotopic (exact) mass is 510 g/mol. The van der Waals surface area contributed by atoms with Gasteiger partial charge in [-0.05, 0) is 0 Å². The number of aliphatic hydroxyl groups excluding tert-OH is 2. The van der Waals surface area contributed by atoms with Gasteiger partial charge in [-0.25, -0.2) is 4.98 Å². The second kappa shape index (κ2) is 9.15. The number of ether oxygens (including phenoxy) is 1. The first-order valence-corrected chi connectivity index (χ1v) is 13.6. The fraction of sp³-hybridized carbons (Fsp3) is 0.667. The first-order valence-electron chi connectivity index (χ1n) is 10.0.